The van der Waals surface area contributed by atoms with Gasteiger partial charge < -0.3 is 15.1 Å². The smallest absolute Gasteiger partial charge is 0.145 e. The Bertz CT molecular complexity index is 468. The van der Waals surface area contributed by atoms with E-state index in [1.165, 1.54) is 0 Å². The summed E-state index contributed by atoms with van der Waals surface area (Å²) in [4.78, 5) is 6.27. The third-order valence-corrected chi connectivity index (χ3v) is 3.36. The molecule has 0 unspecified atom stereocenters. The minimum atomic E-state index is -0.162. The van der Waals surface area contributed by atoms with E-state index in [1.807, 2.05) is 5.01 Å². The van der Waals surface area contributed by atoms with Crippen LogP contribution in [-0.2, 0) is 6.61 Å². The fraction of sp³-hybridized carbons (Fsp3) is 0.538. The Labute approximate surface area is 113 Å². The Morgan fingerprint density at radius 2 is 2.05 bits per heavy atom. The van der Waals surface area contributed by atoms with Crippen molar-refractivity contribution in [3.8, 4) is 5.75 Å². The quantitative estimate of drug-likeness (QED) is 0.761. The number of likely N-dealkylation sites (N-methyl/N-ethyl adjacent to an activating group) is 1. The lowest BCUT2D eigenvalue weighted by Crippen LogP contribution is -2.41. The van der Waals surface area contributed by atoms with Crippen molar-refractivity contribution in [3.63, 3.8) is 0 Å². The van der Waals surface area contributed by atoms with Crippen molar-refractivity contribution in [2.45, 2.75) is 13.5 Å². The lowest BCUT2D eigenvalue weighted by Gasteiger charge is -2.30. The molecule has 0 aromatic carbocycles. The summed E-state index contributed by atoms with van der Waals surface area (Å²) in [6.07, 6.45) is 3.18. The zero-order valence-electron chi connectivity index (χ0n) is 11.4. The van der Waals surface area contributed by atoms with Gasteiger partial charge in [-0.05, 0) is 14.0 Å². The number of hydrazone groups is 1. The summed E-state index contributed by atoms with van der Waals surface area (Å²) in [6, 6.07) is 0. The number of aromatic nitrogens is 1. The molecule has 1 aliphatic heterocycles. The number of piperazine rings is 1. The van der Waals surface area contributed by atoms with Gasteiger partial charge in [-0.2, -0.15) is 5.10 Å². The molecule has 6 nitrogen and oxygen atoms in total. The van der Waals surface area contributed by atoms with E-state index in [0.29, 0.717) is 16.8 Å². The molecule has 19 heavy (non-hydrogen) atoms. The van der Waals surface area contributed by atoms with Crippen LogP contribution in [-0.4, -0.2) is 64.5 Å². The highest BCUT2D eigenvalue weighted by Crippen LogP contribution is 2.22. The Morgan fingerprint density at radius 1 is 1.37 bits per heavy atom. The standard InChI is InChI=1S/C13H20N4O2/c1-10-13(19)12(11(9-18)7-14-10)8-15-17-5-3-16(2)4-6-17/h7-8,18-19H,3-6,9H2,1-2H3/b15-8+. The van der Waals surface area contributed by atoms with Crippen LogP contribution in [0.1, 0.15) is 16.8 Å². The van der Waals surface area contributed by atoms with Crippen molar-refractivity contribution in [1.82, 2.24) is 14.9 Å². The van der Waals surface area contributed by atoms with Crippen LogP contribution in [0.5, 0.6) is 5.75 Å². The van der Waals surface area contributed by atoms with Gasteiger partial charge in [0.1, 0.15) is 5.75 Å². The van der Waals surface area contributed by atoms with Crippen LogP contribution in [0.25, 0.3) is 0 Å². The van der Waals surface area contributed by atoms with Gasteiger partial charge in [0.25, 0.3) is 0 Å². The van der Waals surface area contributed by atoms with Gasteiger partial charge in [0, 0.05) is 43.5 Å². The van der Waals surface area contributed by atoms with E-state index in [1.54, 1.807) is 19.3 Å². The number of hydrogen-bond acceptors (Lipinski definition) is 6. The summed E-state index contributed by atoms with van der Waals surface area (Å²) in [5.74, 6) is 0.0874. The maximum absolute atomic E-state index is 9.99. The summed E-state index contributed by atoms with van der Waals surface area (Å²) in [5.41, 5.74) is 1.67. The maximum Gasteiger partial charge on any atom is 0.145 e. The lowest BCUT2D eigenvalue weighted by molar-refractivity contribution is 0.159. The van der Waals surface area contributed by atoms with Crippen LogP contribution in [0.2, 0.25) is 0 Å². The van der Waals surface area contributed by atoms with Crippen molar-refractivity contribution >= 4 is 6.21 Å². The number of aliphatic hydroxyl groups is 1. The van der Waals surface area contributed by atoms with Crippen LogP contribution in [0, 0.1) is 6.92 Å². The van der Waals surface area contributed by atoms with E-state index in [9.17, 15) is 10.2 Å². The summed E-state index contributed by atoms with van der Waals surface area (Å²) in [5, 5.41) is 25.6. The lowest BCUT2D eigenvalue weighted by atomic mass is 10.1. The number of aliphatic hydroxyl groups excluding tert-OH is 1. The van der Waals surface area contributed by atoms with E-state index in [0.717, 1.165) is 26.2 Å². The molecule has 0 bridgehead atoms. The average Bonchev–Trinajstić information content (AvgIpc) is 2.42. The van der Waals surface area contributed by atoms with Gasteiger partial charge in [-0.15, -0.1) is 0 Å². The molecular weight excluding hydrogens is 244 g/mol. The third-order valence-electron chi connectivity index (χ3n) is 3.36. The molecule has 0 amide bonds. The molecule has 0 radical (unpaired) electrons. The first-order chi connectivity index (χ1) is 9.11. The second-order valence-electron chi connectivity index (χ2n) is 4.79. The summed E-state index contributed by atoms with van der Waals surface area (Å²) in [6.45, 7) is 5.25. The van der Waals surface area contributed by atoms with Gasteiger partial charge in [0.05, 0.1) is 18.5 Å². The first-order valence-electron chi connectivity index (χ1n) is 6.37. The second-order valence-corrected chi connectivity index (χ2v) is 4.79. The number of aromatic hydroxyl groups is 1. The van der Waals surface area contributed by atoms with Crippen molar-refractivity contribution in [3.05, 3.63) is 23.0 Å². The first-order valence-corrected chi connectivity index (χ1v) is 6.37. The number of hydrogen-bond donors (Lipinski definition) is 2. The van der Waals surface area contributed by atoms with E-state index in [-0.39, 0.29) is 12.4 Å². The predicted octanol–water partition coefficient (Wildman–Crippen LogP) is 0.169. The number of pyridine rings is 1. The summed E-state index contributed by atoms with van der Waals surface area (Å²) in [7, 11) is 2.09. The highest BCUT2D eigenvalue weighted by Gasteiger charge is 2.13. The van der Waals surface area contributed by atoms with Gasteiger partial charge in [0.2, 0.25) is 0 Å². The molecule has 6 heteroatoms. The van der Waals surface area contributed by atoms with Crippen molar-refractivity contribution in [1.29, 1.82) is 0 Å². The molecule has 0 saturated carbocycles. The minimum absolute atomic E-state index is 0.0874. The maximum atomic E-state index is 9.99. The van der Waals surface area contributed by atoms with Gasteiger partial charge in [-0.25, -0.2) is 0 Å². The fourth-order valence-corrected chi connectivity index (χ4v) is 1.97. The van der Waals surface area contributed by atoms with Crippen LogP contribution in [0.15, 0.2) is 11.3 Å². The number of aryl methyl sites for hydroxylation is 1. The van der Waals surface area contributed by atoms with Crippen molar-refractivity contribution in [2.75, 3.05) is 33.2 Å². The molecule has 104 valence electrons. The molecule has 1 aromatic heterocycles. The SMILES string of the molecule is Cc1ncc(CO)c(/C=N/N2CCN(C)CC2)c1O. The van der Waals surface area contributed by atoms with Gasteiger partial charge >= 0.3 is 0 Å². The van der Waals surface area contributed by atoms with Crippen LogP contribution in [0.4, 0.5) is 0 Å². The molecule has 2 N–H and O–H groups in total. The summed E-state index contributed by atoms with van der Waals surface area (Å²) >= 11 is 0. The Morgan fingerprint density at radius 3 is 2.68 bits per heavy atom. The molecular formula is C13H20N4O2. The molecule has 0 spiro atoms. The summed E-state index contributed by atoms with van der Waals surface area (Å²) < 4.78 is 0. The number of rotatable bonds is 3. The Kier molecular flexibility index (Phi) is 4.34. The molecule has 0 aliphatic carbocycles. The fourth-order valence-electron chi connectivity index (χ4n) is 1.97. The molecule has 1 fully saturated rings. The molecule has 1 aliphatic rings. The van der Waals surface area contributed by atoms with Crippen LogP contribution < -0.4 is 0 Å². The molecule has 2 rings (SSSR count). The van der Waals surface area contributed by atoms with Gasteiger partial charge in [-0.3, -0.25) is 9.99 Å². The predicted molar refractivity (Wildman–Crippen MR) is 73.2 cm³/mol. The highest BCUT2D eigenvalue weighted by atomic mass is 16.3. The van der Waals surface area contributed by atoms with E-state index in [2.05, 4.69) is 22.0 Å². The molecule has 0 atom stereocenters. The third kappa shape index (κ3) is 3.21. The van der Waals surface area contributed by atoms with Crippen molar-refractivity contribution < 1.29 is 10.2 Å². The second kappa shape index (κ2) is 5.99. The largest absolute Gasteiger partial charge is 0.505 e. The average molecular weight is 264 g/mol. The monoisotopic (exact) mass is 264 g/mol. The van der Waals surface area contributed by atoms with Crippen LogP contribution >= 0.6 is 0 Å². The topological polar surface area (TPSA) is 72.2 Å². The molecule has 1 aromatic rings. The van der Waals surface area contributed by atoms with Crippen LogP contribution in [0.3, 0.4) is 0 Å². The number of nitrogens with zero attached hydrogens (tertiary/aromatic N) is 4. The first kappa shape index (κ1) is 13.8. The highest BCUT2D eigenvalue weighted by molar-refractivity contribution is 5.85. The normalized spacial score (nSPS) is 17.3. The van der Waals surface area contributed by atoms with Gasteiger partial charge in [0.15, 0.2) is 0 Å². The Balaban J connectivity index is 2.16. The molecule has 1 saturated heterocycles. The van der Waals surface area contributed by atoms with E-state index >= 15 is 0 Å². The zero-order chi connectivity index (χ0) is 13.8. The Hall–Kier alpha value is -1.66. The minimum Gasteiger partial charge on any atom is -0.505 e. The zero-order valence-corrected chi connectivity index (χ0v) is 11.4. The van der Waals surface area contributed by atoms with Gasteiger partial charge in [-0.1, -0.05) is 0 Å². The van der Waals surface area contributed by atoms with E-state index < -0.39 is 0 Å². The van der Waals surface area contributed by atoms with Crippen molar-refractivity contribution in [2.24, 2.45) is 5.10 Å². The van der Waals surface area contributed by atoms with E-state index in [4.69, 9.17) is 0 Å². The molecule has 2 heterocycles.